The van der Waals surface area contributed by atoms with Gasteiger partial charge in [-0.15, -0.1) is 0 Å². The molecule has 1 heterocycles. The lowest BCUT2D eigenvalue weighted by molar-refractivity contribution is 0.573. The second kappa shape index (κ2) is 5.54. The zero-order chi connectivity index (χ0) is 14.1. The molecule has 3 rings (SSSR count). The van der Waals surface area contributed by atoms with Gasteiger partial charge in [0.15, 0.2) is 5.13 Å². The number of hydrogen-bond acceptors (Lipinski definition) is 4. The zero-order valence-electron chi connectivity index (χ0n) is 12.1. The van der Waals surface area contributed by atoms with Gasteiger partial charge in [0.05, 0.1) is 5.69 Å². The molecule has 1 aliphatic carbocycles. The van der Waals surface area contributed by atoms with Crippen LogP contribution in [0.2, 0.25) is 0 Å². The predicted molar refractivity (Wildman–Crippen MR) is 85.8 cm³/mol. The molecule has 0 saturated carbocycles. The molecule has 0 bridgehead atoms. The van der Waals surface area contributed by atoms with Crippen LogP contribution in [0.1, 0.15) is 41.9 Å². The molecule has 1 aromatic carbocycles. The summed E-state index contributed by atoms with van der Waals surface area (Å²) < 4.78 is 0. The van der Waals surface area contributed by atoms with Gasteiger partial charge in [-0.25, -0.2) is 4.98 Å². The monoisotopic (exact) mass is 287 g/mol. The zero-order valence-corrected chi connectivity index (χ0v) is 12.9. The topological polar surface area (TPSA) is 42.2 Å². The molecule has 0 saturated heterocycles. The van der Waals surface area contributed by atoms with Crippen LogP contribution in [-0.4, -0.2) is 11.5 Å². The number of nitrogens with two attached hydrogens (primary N) is 1. The molecular formula is C16H21N3S. The quantitative estimate of drug-likeness (QED) is 0.929. The van der Waals surface area contributed by atoms with Gasteiger partial charge in [0.25, 0.3) is 0 Å². The number of aromatic nitrogens is 1. The highest BCUT2D eigenvalue weighted by Gasteiger charge is 2.24. The molecule has 2 aromatic rings. The fourth-order valence-electron chi connectivity index (χ4n) is 2.83. The summed E-state index contributed by atoms with van der Waals surface area (Å²) >= 11 is 1.77. The van der Waals surface area contributed by atoms with Crippen molar-refractivity contribution >= 4 is 22.2 Å². The highest BCUT2D eigenvalue weighted by molar-refractivity contribution is 7.15. The Labute approximate surface area is 124 Å². The summed E-state index contributed by atoms with van der Waals surface area (Å²) in [5.41, 5.74) is 9.97. The van der Waals surface area contributed by atoms with Gasteiger partial charge in [0, 0.05) is 23.2 Å². The van der Waals surface area contributed by atoms with E-state index >= 15 is 0 Å². The van der Waals surface area contributed by atoms with E-state index in [0.29, 0.717) is 0 Å². The van der Waals surface area contributed by atoms with E-state index in [4.69, 9.17) is 10.7 Å². The summed E-state index contributed by atoms with van der Waals surface area (Å²) in [6, 6.07) is 8.66. The Morgan fingerprint density at radius 3 is 2.90 bits per heavy atom. The minimum atomic E-state index is 0.181. The number of aryl methyl sites for hydroxylation is 2. The molecule has 1 aromatic heterocycles. The van der Waals surface area contributed by atoms with Gasteiger partial charge in [0.2, 0.25) is 0 Å². The molecule has 0 amide bonds. The molecular weight excluding hydrogens is 266 g/mol. The van der Waals surface area contributed by atoms with Gasteiger partial charge in [-0.2, -0.15) is 0 Å². The molecule has 0 fully saturated rings. The van der Waals surface area contributed by atoms with Crippen molar-refractivity contribution in [3.05, 3.63) is 40.4 Å². The van der Waals surface area contributed by atoms with Crippen molar-refractivity contribution in [2.24, 2.45) is 5.73 Å². The molecule has 106 valence electrons. The van der Waals surface area contributed by atoms with Gasteiger partial charge in [0.1, 0.15) is 0 Å². The van der Waals surface area contributed by atoms with Crippen LogP contribution in [0.4, 0.5) is 10.8 Å². The van der Waals surface area contributed by atoms with E-state index in [0.717, 1.165) is 30.9 Å². The lowest BCUT2D eigenvalue weighted by Crippen LogP contribution is -2.17. The molecule has 20 heavy (non-hydrogen) atoms. The van der Waals surface area contributed by atoms with E-state index in [1.807, 2.05) is 0 Å². The van der Waals surface area contributed by atoms with Crippen LogP contribution in [0, 0.1) is 6.92 Å². The number of hydrogen-bond donors (Lipinski definition) is 1. The largest absolute Gasteiger partial charge is 0.323 e. The molecule has 4 heteroatoms. The number of anilines is 2. The van der Waals surface area contributed by atoms with E-state index in [1.165, 1.54) is 21.8 Å². The van der Waals surface area contributed by atoms with Crippen molar-refractivity contribution in [2.75, 3.05) is 11.4 Å². The third-order valence-corrected chi connectivity index (χ3v) is 5.19. The number of thiazole rings is 1. The summed E-state index contributed by atoms with van der Waals surface area (Å²) in [5, 5.41) is 1.09. The molecule has 1 atom stereocenters. The maximum Gasteiger partial charge on any atom is 0.190 e. The molecule has 1 aliphatic rings. The number of nitrogens with zero attached hydrogens (tertiary/aromatic N) is 2. The van der Waals surface area contributed by atoms with E-state index in [2.05, 4.69) is 43.0 Å². The van der Waals surface area contributed by atoms with E-state index in [-0.39, 0.29) is 6.04 Å². The Kier molecular flexibility index (Phi) is 3.76. The van der Waals surface area contributed by atoms with E-state index in [1.54, 1.807) is 11.3 Å². The smallest absolute Gasteiger partial charge is 0.190 e. The first-order valence-corrected chi connectivity index (χ1v) is 8.10. The lowest BCUT2D eigenvalue weighted by atomic mass is 9.99. The van der Waals surface area contributed by atoms with Crippen LogP contribution in [0.3, 0.4) is 0 Å². The van der Waals surface area contributed by atoms with Crippen LogP contribution < -0.4 is 10.6 Å². The summed E-state index contributed by atoms with van der Waals surface area (Å²) in [6.07, 6.45) is 3.32. The average molecular weight is 287 g/mol. The Bertz CT molecular complexity index is 606. The van der Waals surface area contributed by atoms with Gasteiger partial charge >= 0.3 is 0 Å². The molecule has 2 N–H and O–H groups in total. The third kappa shape index (κ3) is 2.34. The van der Waals surface area contributed by atoms with Crippen molar-refractivity contribution in [1.29, 1.82) is 0 Å². The Balaban J connectivity index is 2.00. The van der Waals surface area contributed by atoms with Crippen molar-refractivity contribution in [1.82, 2.24) is 4.98 Å². The van der Waals surface area contributed by atoms with Gasteiger partial charge < -0.3 is 10.6 Å². The highest BCUT2D eigenvalue weighted by Crippen LogP contribution is 2.39. The average Bonchev–Trinajstić information content (AvgIpc) is 2.87. The van der Waals surface area contributed by atoms with Gasteiger partial charge in [-0.3, -0.25) is 0 Å². The van der Waals surface area contributed by atoms with Crippen LogP contribution in [-0.2, 0) is 6.42 Å². The second-order valence-corrected chi connectivity index (χ2v) is 6.35. The highest BCUT2D eigenvalue weighted by atomic mass is 32.1. The lowest BCUT2D eigenvalue weighted by Gasteiger charge is -2.21. The van der Waals surface area contributed by atoms with Crippen LogP contribution >= 0.6 is 11.3 Å². The first-order valence-electron chi connectivity index (χ1n) is 7.29. The molecule has 3 nitrogen and oxygen atoms in total. The molecule has 1 unspecified atom stereocenters. The van der Waals surface area contributed by atoms with Crippen molar-refractivity contribution in [3.8, 4) is 0 Å². The van der Waals surface area contributed by atoms with Crippen molar-refractivity contribution in [3.63, 3.8) is 0 Å². The minimum absolute atomic E-state index is 0.181. The normalized spacial score (nSPS) is 17.9. The molecule has 0 aliphatic heterocycles. The summed E-state index contributed by atoms with van der Waals surface area (Å²) in [4.78, 5) is 8.44. The number of fused-ring (bicyclic) bond motifs is 1. The van der Waals surface area contributed by atoms with Crippen molar-refractivity contribution < 1.29 is 0 Å². The fraction of sp³-hybridized carbons (Fsp3) is 0.438. The first kappa shape index (κ1) is 13.6. The van der Waals surface area contributed by atoms with Crippen LogP contribution in [0.25, 0.3) is 0 Å². The first-order chi connectivity index (χ1) is 9.70. The third-order valence-electron chi connectivity index (χ3n) is 3.94. The minimum Gasteiger partial charge on any atom is -0.323 e. The van der Waals surface area contributed by atoms with Gasteiger partial charge in [-0.1, -0.05) is 29.5 Å². The maximum atomic E-state index is 6.22. The summed E-state index contributed by atoms with van der Waals surface area (Å²) in [6.45, 7) is 5.25. The standard InChI is InChI=1S/C16H21N3S/c1-3-19(14-10-5-4-7-11(14)2)16-18-13-9-6-8-12(17)15(13)20-16/h4-5,7,10,12H,3,6,8-9,17H2,1-2H3. The number of rotatable bonds is 3. The summed E-state index contributed by atoms with van der Waals surface area (Å²) in [5.74, 6) is 0. The van der Waals surface area contributed by atoms with E-state index < -0.39 is 0 Å². The van der Waals surface area contributed by atoms with Crippen LogP contribution in [0.15, 0.2) is 24.3 Å². The van der Waals surface area contributed by atoms with E-state index in [9.17, 15) is 0 Å². The SMILES string of the molecule is CCN(c1nc2c(s1)C(N)CCC2)c1ccccc1C. The second-order valence-electron chi connectivity index (χ2n) is 5.34. The Morgan fingerprint density at radius 1 is 1.40 bits per heavy atom. The molecule has 0 radical (unpaired) electrons. The number of benzene rings is 1. The Hall–Kier alpha value is -1.39. The fourth-order valence-corrected chi connectivity index (χ4v) is 4.06. The summed E-state index contributed by atoms with van der Waals surface area (Å²) in [7, 11) is 0. The number of para-hydroxylation sites is 1. The predicted octanol–water partition coefficient (Wildman–Crippen LogP) is 3.95. The Morgan fingerprint density at radius 2 is 2.20 bits per heavy atom. The van der Waals surface area contributed by atoms with Gasteiger partial charge in [-0.05, 0) is 44.7 Å². The maximum absolute atomic E-state index is 6.22. The van der Waals surface area contributed by atoms with Crippen molar-refractivity contribution in [2.45, 2.75) is 39.2 Å². The van der Waals surface area contributed by atoms with Crippen LogP contribution in [0.5, 0.6) is 0 Å². The molecule has 0 spiro atoms.